The summed E-state index contributed by atoms with van der Waals surface area (Å²) in [4.78, 5) is 12.0. The lowest BCUT2D eigenvalue weighted by Gasteiger charge is -2.20. The normalized spacial score (nSPS) is 11.6. The van der Waals surface area contributed by atoms with Crippen LogP contribution in [-0.4, -0.2) is 33.3 Å². The van der Waals surface area contributed by atoms with Crippen LogP contribution in [0.1, 0.15) is 11.7 Å². The van der Waals surface area contributed by atoms with Crippen LogP contribution in [0.3, 0.4) is 0 Å². The van der Waals surface area contributed by atoms with Gasteiger partial charge in [0.05, 0.1) is 18.4 Å². The number of benzene rings is 2. The molecule has 1 unspecified atom stereocenters. The molecule has 8 heteroatoms. The Balaban J connectivity index is 2.00. The number of carbonyl (C=O) groups excluding carboxylic acids is 1. The Kier molecular flexibility index (Phi) is 5.28. The zero-order valence-corrected chi connectivity index (χ0v) is 14.6. The Bertz CT molecular complexity index is 927. The van der Waals surface area contributed by atoms with E-state index in [0.717, 1.165) is 0 Å². The van der Waals surface area contributed by atoms with Gasteiger partial charge in [0, 0.05) is 10.6 Å². The van der Waals surface area contributed by atoms with Gasteiger partial charge >= 0.3 is 12.0 Å². The first kappa shape index (κ1) is 17.6. The summed E-state index contributed by atoms with van der Waals surface area (Å²) in [7, 11) is 1.27. The summed E-state index contributed by atoms with van der Waals surface area (Å²) in [5, 5.41) is 11.9. The van der Waals surface area contributed by atoms with Gasteiger partial charge in [-0.15, -0.1) is 0 Å². The predicted octanol–water partition coefficient (Wildman–Crippen LogP) is 3.17. The molecular formula is C18H15ClN4O3. The average molecular weight is 371 g/mol. The summed E-state index contributed by atoms with van der Waals surface area (Å²) in [6, 6.07) is 16.3. The van der Waals surface area contributed by atoms with Crippen molar-refractivity contribution in [1.29, 1.82) is 0 Å². The van der Waals surface area contributed by atoms with Gasteiger partial charge in [-0.2, -0.15) is 4.68 Å². The summed E-state index contributed by atoms with van der Waals surface area (Å²) < 4.78 is 12.1. The van der Waals surface area contributed by atoms with Crippen molar-refractivity contribution < 1.29 is 14.3 Å². The molecule has 2 aromatic carbocycles. The molecule has 7 nitrogen and oxygen atoms in total. The molecule has 0 aliphatic rings. The van der Waals surface area contributed by atoms with Crippen molar-refractivity contribution in [2.75, 3.05) is 7.11 Å². The average Bonchev–Trinajstić information content (AvgIpc) is 3.14. The van der Waals surface area contributed by atoms with Crippen LogP contribution >= 0.6 is 11.6 Å². The van der Waals surface area contributed by atoms with Crippen LogP contribution < -0.4 is 4.74 Å². The van der Waals surface area contributed by atoms with Gasteiger partial charge < -0.3 is 9.47 Å². The van der Waals surface area contributed by atoms with E-state index in [4.69, 9.17) is 21.1 Å². The van der Waals surface area contributed by atoms with Crippen molar-refractivity contribution in [3.63, 3.8) is 0 Å². The minimum absolute atomic E-state index is 0.0724. The number of halogens is 1. The van der Waals surface area contributed by atoms with Gasteiger partial charge in [0.2, 0.25) is 0 Å². The van der Waals surface area contributed by atoms with Crippen LogP contribution in [0.25, 0.3) is 5.69 Å². The SMILES string of the molecule is C=C(C(=O)OC)C(Oc1nnnn1-c1ccccc1)c1ccccc1Cl. The highest BCUT2D eigenvalue weighted by molar-refractivity contribution is 6.31. The molecule has 0 fully saturated rings. The van der Waals surface area contributed by atoms with Crippen LogP contribution in [0.4, 0.5) is 0 Å². The van der Waals surface area contributed by atoms with E-state index in [-0.39, 0.29) is 11.6 Å². The van der Waals surface area contributed by atoms with Crippen LogP contribution in [-0.2, 0) is 9.53 Å². The van der Waals surface area contributed by atoms with Gasteiger partial charge in [0.1, 0.15) is 0 Å². The molecule has 3 aromatic rings. The van der Waals surface area contributed by atoms with E-state index in [1.807, 2.05) is 30.3 Å². The zero-order chi connectivity index (χ0) is 18.5. The largest absolute Gasteiger partial charge is 0.466 e. The number of rotatable bonds is 6. The minimum atomic E-state index is -0.912. The highest BCUT2D eigenvalue weighted by atomic mass is 35.5. The van der Waals surface area contributed by atoms with Crippen LogP contribution in [0.15, 0.2) is 66.7 Å². The van der Waals surface area contributed by atoms with Crippen molar-refractivity contribution in [2.45, 2.75) is 6.10 Å². The smallest absolute Gasteiger partial charge is 0.341 e. The first-order valence-electron chi connectivity index (χ1n) is 7.64. The maximum absolute atomic E-state index is 12.0. The van der Waals surface area contributed by atoms with Crippen molar-refractivity contribution in [2.24, 2.45) is 0 Å². The maximum Gasteiger partial charge on any atom is 0.341 e. The topological polar surface area (TPSA) is 79.1 Å². The Hall–Kier alpha value is -3.19. The van der Waals surface area contributed by atoms with Crippen molar-refractivity contribution in [3.05, 3.63) is 77.3 Å². The Morgan fingerprint density at radius 1 is 1.15 bits per heavy atom. The number of methoxy groups -OCH3 is 1. The summed E-state index contributed by atoms with van der Waals surface area (Å²) in [5.74, 6) is -0.617. The molecule has 1 heterocycles. The Morgan fingerprint density at radius 3 is 2.54 bits per heavy atom. The van der Waals surface area contributed by atoms with E-state index >= 15 is 0 Å². The fraction of sp³-hybridized carbons (Fsp3) is 0.111. The molecule has 0 spiro atoms. The fourth-order valence-corrected chi connectivity index (χ4v) is 2.57. The maximum atomic E-state index is 12.0. The molecule has 0 N–H and O–H groups in total. The first-order valence-corrected chi connectivity index (χ1v) is 8.01. The number of nitrogens with zero attached hydrogens (tertiary/aromatic N) is 4. The second-order valence-corrected chi connectivity index (χ2v) is 5.65. The van der Waals surface area contributed by atoms with Gasteiger partial charge in [0.25, 0.3) is 0 Å². The third-order valence-corrected chi connectivity index (χ3v) is 3.96. The van der Waals surface area contributed by atoms with Crippen molar-refractivity contribution in [3.8, 4) is 11.7 Å². The predicted molar refractivity (Wildman–Crippen MR) is 95.1 cm³/mol. The second kappa shape index (κ2) is 7.79. The van der Waals surface area contributed by atoms with Crippen molar-refractivity contribution >= 4 is 17.6 Å². The molecule has 0 saturated heterocycles. The number of esters is 1. The van der Waals surface area contributed by atoms with Crippen LogP contribution in [0.2, 0.25) is 5.02 Å². The molecule has 0 saturated carbocycles. The molecular weight excluding hydrogens is 356 g/mol. The number of para-hydroxylation sites is 1. The summed E-state index contributed by atoms with van der Waals surface area (Å²) in [6.07, 6.45) is -0.912. The first-order chi connectivity index (χ1) is 12.6. The van der Waals surface area contributed by atoms with E-state index in [2.05, 4.69) is 22.1 Å². The minimum Gasteiger partial charge on any atom is -0.466 e. The lowest BCUT2D eigenvalue weighted by atomic mass is 10.0. The van der Waals surface area contributed by atoms with E-state index < -0.39 is 12.1 Å². The quantitative estimate of drug-likeness (QED) is 0.490. The molecule has 1 atom stereocenters. The number of hydrogen-bond donors (Lipinski definition) is 0. The van der Waals surface area contributed by atoms with Gasteiger partial charge in [-0.1, -0.05) is 59.7 Å². The molecule has 0 radical (unpaired) electrons. The number of hydrogen-bond acceptors (Lipinski definition) is 6. The fourth-order valence-electron chi connectivity index (χ4n) is 2.34. The molecule has 132 valence electrons. The van der Waals surface area contributed by atoms with Gasteiger partial charge in [-0.25, -0.2) is 4.79 Å². The summed E-state index contributed by atoms with van der Waals surface area (Å²) >= 11 is 6.28. The van der Waals surface area contributed by atoms with Gasteiger partial charge in [-0.05, 0) is 28.6 Å². The molecule has 1 aromatic heterocycles. The summed E-state index contributed by atoms with van der Waals surface area (Å²) in [5.41, 5.74) is 1.32. The second-order valence-electron chi connectivity index (χ2n) is 5.25. The molecule has 0 bridgehead atoms. The van der Waals surface area contributed by atoms with Crippen LogP contribution in [0, 0.1) is 0 Å². The van der Waals surface area contributed by atoms with Crippen LogP contribution in [0.5, 0.6) is 6.01 Å². The van der Waals surface area contributed by atoms with E-state index in [9.17, 15) is 4.79 Å². The number of carbonyl (C=O) groups is 1. The Morgan fingerprint density at radius 2 is 1.85 bits per heavy atom. The standard InChI is InChI=1S/C18H15ClN4O3/c1-12(17(24)25-2)16(14-10-6-7-11-15(14)19)26-18-20-21-22-23(18)13-8-4-3-5-9-13/h3-11,16H,1H2,2H3. The lowest BCUT2D eigenvalue weighted by molar-refractivity contribution is -0.137. The number of aromatic nitrogens is 4. The van der Waals surface area contributed by atoms with E-state index in [0.29, 0.717) is 16.3 Å². The molecule has 3 rings (SSSR count). The molecule has 0 aliphatic heterocycles. The van der Waals surface area contributed by atoms with E-state index in [1.165, 1.54) is 11.8 Å². The summed E-state index contributed by atoms with van der Waals surface area (Å²) in [6.45, 7) is 3.79. The Labute approximate surface area is 154 Å². The number of ether oxygens (including phenoxy) is 2. The van der Waals surface area contributed by atoms with E-state index in [1.54, 1.807) is 24.3 Å². The molecule has 0 aliphatic carbocycles. The zero-order valence-electron chi connectivity index (χ0n) is 13.9. The third kappa shape index (κ3) is 3.57. The molecule has 26 heavy (non-hydrogen) atoms. The van der Waals surface area contributed by atoms with Gasteiger partial charge in [-0.3, -0.25) is 0 Å². The third-order valence-electron chi connectivity index (χ3n) is 3.62. The van der Waals surface area contributed by atoms with Crippen molar-refractivity contribution in [1.82, 2.24) is 20.2 Å². The number of tetrazole rings is 1. The monoisotopic (exact) mass is 370 g/mol. The van der Waals surface area contributed by atoms with Gasteiger partial charge in [0.15, 0.2) is 6.10 Å². The highest BCUT2D eigenvalue weighted by Gasteiger charge is 2.27. The lowest BCUT2D eigenvalue weighted by Crippen LogP contribution is -2.19. The molecule has 0 amide bonds. The highest BCUT2D eigenvalue weighted by Crippen LogP contribution is 2.32.